The summed E-state index contributed by atoms with van der Waals surface area (Å²) in [5, 5.41) is 7.97. The van der Waals surface area contributed by atoms with Crippen molar-refractivity contribution in [3.05, 3.63) is 18.1 Å². The molecule has 1 unspecified atom stereocenters. The molecule has 0 spiro atoms. The van der Waals surface area contributed by atoms with Crippen LogP contribution in [-0.4, -0.2) is 54.8 Å². The van der Waals surface area contributed by atoms with Gasteiger partial charge in [-0.25, -0.2) is 9.97 Å². The van der Waals surface area contributed by atoms with Gasteiger partial charge in [-0.15, -0.1) is 4.73 Å². The van der Waals surface area contributed by atoms with E-state index in [9.17, 15) is 4.57 Å². The number of fused-ring (bicyclic) bond motifs is 1. The fourth-order valence-corrected chi connectivity index (χ4v) is 2.40. The zero-order valence-electron chi connectivity index (χ0n) is 13.2. The Balaban J connectivity index is 0.00000144. The molecule has 0 amide bonds. The first kappa shape index (κ1) is 18.6. The Kier molecular flexibility index (Phi) is 5.98. The van der Waals surface area contributed by atoms with E-state index < -0.39 is 26.3 Å². The Morgan fingerprint density at radius 2 is 2.35 bits per heavy atom. The molecule has 11 nitrogen and oxygen atoms in total. The van der Waals surface area contributed by atoms with Gasteiger partial charge >= 0.3 is 37.2 Å². The van der Waals surface area contributed by atoms with Crippen LogP contribution in [0.3, 0.4) is 0 Å². The van der Waals surface area contributed by atoms with Crippen molar-refractivity contribution in [1.29, 1.82) is 5.41 Å². The summed E-state index contributed by atoms with van der Waals surface area (Å²) in [7, 11) is -4.21. The summed E-state index contributed by atoms with van der Waals surface area (Å²) >= 11 is 0. The summed E-state index contributed by atoms with van der Waals surface area (Å²) < 4.78 is 22.3. The third-order valence-electron chi connectivity index (χ3n) is 2.99. The summed E-state index contributed by atoms with van der Waals surface area (Å²) in [6.45, 7) is 0.151. The minimum atomic E-state index is -4.21. The standard InChI is InChI=1S/C10H14N5O6P.Na.H/c11-9-8-10(13-3-12-8)14-4-15(9)21-7-1-6(2-19-7)20-5-22(16,17)18;;/h3-4,6-7,11H,1-2,5H2,(H,12,13)(H2,16,17,18);;/q;+1;-1/t6-,7?;;/m0../s1. The Morgan fingerprint density at radius 1 is 1.57 bits per heavy atom. The van der Waals surface area contributed by atoms with Gasteiger partial charge in [-0.05, 0) is 0 Å². The molecule has 1 aliphatic rings. The second-order valence-corrected chi connectivity index (χ2v) is 6.29. The molecule has 3 heterocycles. The van der Waals surface area contributed by atoms with Crippen molar-refractivity contribution < 1.29 is 59.6 Å². The molecule has 122 valence electrons. The Labute approximate surface area is 153 Å². The molecule has 1 fully saturated rings. The van der Waals surface area contributed by atoms with Gasteiger partial charge in [-0.1, -0.05) is 0 Å². The van der Waals surface area contributed by atoms with E-state index in [0.717, 1.165) is 4.73 Å². The molecule has 0 aromatic carbocycles. The third-order valence-corrected chi connectivity index (χ3v) is 3.48. The molecule has 13 heteroatoms. The molecular formula is C10H15N5NaO6P. The van der Waals surface area contributed by atoms with E-state index in [-0.39, 0.29) is 49.5 Å². The van der Waals surface area contributed by atoms with Gasteiger partial charge in [0.25, 0.3) is 0 Å². The summed E-state index contributed by atoms with van der Waals surface area (Å²) in [5.74, 6) is 0. The van der Waals surface area contributed by atoms with Crippen LogP contribution >= 0.6 is 7.60 Å². The van der Waals surface area contributed by atoms with Gasteiger partial charge in [-0.3, -0.25) is 9.97 Å². The average Bonchev–Trinajstić information content (AvgIpc) is 3.08. The van der Waals surface area contributed by atoms with E-state index in [2.05, 4.69) is 15.0 Å². The van der Waals surface area contributed by atoms with Crippen LogP contribution < -0.4 is 39.9 Å². The quantitative estimate of drug-likeness (QED) is 0.313. The number of ether oxygens (including phenoxy) is 2. The summed E-state index contributed by atoms with van der Waals surface area (Å²) in [5.41, 5.74) is 0.862. The van der Waals surface area contributed by atoms with Crippen molar-refractivity contribution in [2.45, 2.75) is 18.8 Å². The van der Waals surface area contributed by atoms with Gasteiger partial charge < -0.3 is 30.5 Å². The van der Waals surface area contributed by atoms with Crippen LogP contribution in [0.1, 0.15) is 7.85 Å². The van der Waals surface area contributed by atoms with Crippen LogP contribution in [0.2, 0.25) is 0 Å². The predicted octanol–water partition coefficient (Wildman–Crippen LogP) is -3.95. The molecule has 0 bridgehead atoms. The van der Waals surface area contributed by atoms with Gasteiger partial charge in [-0.2, -0.15) is 0 Å². The first-order valence-electron chi connectivity index (χ1n) is 6.32. The fourth-order valence-electron chi connectivity index (χ4n) is 2.00. The molecule has 2 aromatic heterocycles. The van der Waals surface area contributed by atoms with Gasteiger partial charge in [0.1, 0.15) is 18.2 Å². The molecule has 3 rings (SSSR count). The zero-order chi connectivity index (χ0) is 15.7. The van der Waals surface area contributed by atoms with Crippen LogP contribution in [0.4, 0.5) is 0 Å². The largest absolute Gasteiger partial charge is 1.00 e. The van der Waals surface area contributed by atoms with Gasteiger partial charge in [0, 0.05) is 6.42 Å². The Bertz CT molecular complexity index is 780. The molecule has 2 aromatic rings. The number of nitrogens with one attached hydrogen (secondary N) is 2. The number of nitrogens with zero attached hydrogens (tertiary/aromatic N) is 3. The number of hydrogen-bond acceptors (Lipinski definition) is 7. The first-order valence-corrected chi connectivity index (χ1v) is 8.12. The summed E-state index contributed by atoms with van der Waals surface area (Å²) in [4.78, 5) is 33.7. The van der Waals surface area contributed by atoms with Gasteiger partial charge in [0.15, 0.2) is 11.1 Å². The average molecular weight is 355 g/mol. The number of H-pyrrole nitrogens is 1. The maximum atomic E-state index is 10.8. The van der Waals surface area contributed by atoms with Crippen LogP contribution in [0, 0.1) is 5.41 Å². The number of hydrogen-bond donors (Lipinski definition) is 4. The van der Waals surface area contributed by atoms with Crippen molar-refractivity contribution in [3.63, 3.8) is 0 Å². The number of aromatic amines is 1. The maximum absolute atomic E-state index is 10.8. The smallest absolute Gasteiger partial charge is 1.00 e. The second kappa shape index (κ2) is 7.41. The van der Waals surface area contributed by atoms with E-state index in [1.165, 1.54) is 12.7 Å². The van der Waals surface area contributed by atoms with Crippen molar-refractivity contribution in [3.8, 4) is 0 Å². The monoisotopic (exact) mass is 355 g/mol. The molecular weight excluding hydrogens is 340 g/mol. The van der Waals surface area contributed by atoms with E-state index in [1.807, 2.05) is 0 Å². The Morgan fingerprint density at radius 3 is 3.09 bits per heavy atom. The molecule has 1 saturated heterocycles. The fraction of sp³-hybridized carbons (Fsp3) is 0.500. The molecule has 0 saturated carbocycles. The maximum Gasteiger partial charge on any atom is 1.00 e. The first-order chi connectivity index (χ1) is 10.4. The minimum Gasteiger partial charge on any atom is -1.00 e. The molecule has 0 radical (unpaired) electrons. The predicted molar refractivity (Wildman–Crippen MR) is 71.6 cm³/mol. The molecule has 23 heavy (non-hydrogen) atoms. The number of aromatic nitrogens is 4. The molecule has 2 atom stereocenters. The Hall–Kier alpha value is -0.780. The topological polar surface area (TPSA) is 156 Å². The van der Waals surface area contributed by atoms with E-state index in [0.29, 0.717) is 11.2 Å². The molecule has 0 aliphatic carbocycles. The normalized spacial score (nSPS) is 21.3. The van der Waals surface area contributed by atoms with Crippen molar-refractivity contribution in [2.75, 3.05) is 13.0 Å². The van der Waals surface area contributed by atoms with Crippen LogP contribution in [0.5, 0.6) is 0 Å². The van der Waals surface area contributed by atoms with Crippen LogP contribution in [-0.2, 0) is 14.0 Å². The summed E-state index contributed by atoms with van der Waals surface area (Å²) in [6, 6.07) is 0. The zero-order valence-corrected chi connectivity index (χ0v) is 15.1. The van der Waals surface area contributed by atoms with Gasteiger partial charge in [0.2, 0.25) is 6.29 Å². The SMILES string of the molecule is N=c1c2[nH]cnc2ncn1OC1C[C@H](OCP(=O)(O)O)CO1.[H-].[Na+]. The second-order valence-electron chi connectivity index (χ2n) is 4.71. The van der Waals surface area contributed by atoms with E-state index in [4.69, 9.17) is 29.5 Å². The number of imidazole rings is 1. The van der Waals surface area contributed by atoms with E-state index >= 15 is 0 Å². The third kappa shape index (κ3) is 4.61. The van der Waals surface area contributed by atoms with Crippen molar-refractivity contribution in [2.24, 2.45) is 0 Å². The molecule has 1 aliphatic heterocycles. The molecule has 4 N–H and O–H groups in total. The van der Waals surface area contributed by atoms with Crippen molar-refractivity contribution >= 4 is 18.8 Å². The van der Waals surface area contributed by atoms with Crippen LogP contribution in [0.15, 0.2) is 12.7 Å². The minimum absolute atomic E-state index is 0. The van der Waals surface area contributed by atoms with Crippen molar-refractivity contribution in [1.82, 2.24) is 19.7 Å². The van der Waals surface area contributed by atoms with Gasteiger partial charge in [0.05, 0.1) is 19.0 Å². The van der Waals surface area contributed by atoms with Crippen LogP contribution in [0.25, 0.3) is 11.2 Å². The number of rotatable bonds is 5. The summed E-state index contributed by atoms with van der Waals surface area (Å²) in [6.07, 6.45) is 1.19. The van der Waals surface area contributed by atoms with E-state index in [1.54, 1.807) is 0 Å².